The summed E-state index contributed by atoms with van der Waals surface area (Å²) in [6.07, 6.45) is 6.00. The number of hydrogen-bond donors (Lipinski definition) is 2. The summed E-state index contributed by atoms with van der Waals surface area (Å²) in [7, 11) is 0. The minimum absolute atomic E-state index is 0.140. The third-order valence-corrected chi connectivity index (χ3v) is 7.09. The van der Waals surface area contributed by atoms with E-state index in [-0.39, 0.29) is 5.92 Å². The second kappa shape index (κ2) is 9.99. The zero-order valence-electron chi connectivity index (χ0n) is 18.9. The smallest absolute Gasteiger partial charge is 0.325 e. The van der Waals surface area contributed by atoms with Crippen molar-refractivity contribution in [3.05, 3.63) is 59.3 Å². The predicted octanol–water partition coefficient (Wildman–Crippen LogP) is 5.03. The molecule has 2 aliphatic heterocycles. The summed E-state index contributed by atoms with van der Waals surface area (Å²) in [5.74, 6) is 0.00473. The number of unbranched alkanes of at least 4 members (excludes halogenated alkanes) is 1. The van der Waals surface area contributed by atoms with Crippen LogP contribution in [0.2, 0.25) is 0 Å². The van der Waals surface area contributed by atoms with Gasteiger partial charge in [0.25, 0.3) is 0 Å². The van der Waals surface area contributed by atoms with Gasteiger partial charge in [0.05, 0.1) is 0 Å². The molecule has 0 saturated carbocycles. The van der Waals surface area contributed by atoms with Crippen LogP contribution in [0.5, 0.6) is 0 Å². The molecule has 0 amide bonds. The monoisotopic (exact) mass is 439 g/mol. The fourth-order valence-corrected chi connectivity index (χ4v) is 5.15. The highest BCUT2D eigenvalue weighted by atomic mass is 19.1. The highest BCUT2D eigenvalue weighted by Gasteiger charge is 2.42. The van der Waals surface area contributed by atoms with Crippen LogP contribution in [-0.2, 0) is 17.6 Å². The summed E-state index contributed by atoms with van der Waals surface area (Å²) in [6, 6.07) is 12.8. The molecule has 0 aliphatic carbocycles. The highest BCUT2D eigenvalue weighted by Crippen LogP contribution is 2.38. The lowest BCUT2D eigenvalue weighted by Crippen LogP contribution is -2.36. The number of hydrogen-bond acceptors (Lipinski definition) is 4. The van der Waals surface area contributed by atoms with Crippen LogP contribution in [0.3, 0.4) is 0 Å². The first-order valence-corrected chi connectivity index (χ1v) is 11.9. The van der Waals surface area contributed by atoms with Crippen molar-refractivity contribution in [3.8, 4) is 0 Å². The number of halogens is 1. The molecule has 0 radical (unpaired) electrons. The molecule has 0 spiro atoms. The van der Waals surface area contributed by atoms with Gasteiger partial charge in [0.15, 0.2) is 0 Å². The molecule has 1 saturated heterocycles. The molecular weight excluding hydrogens is 405 g/mol. The number of carboxylic acids is 1. The maximum Gasteiger partial charge on any atom is 0.325 e. The van der Waals surface area contributed by atoms with Crippen LogP contribution >= 0.6 is 0 Å². The molecule has 2 aromatic rings. The first-order chi connectivity index (χ1) is 15.4. The standard InChI is InChI=1S/C26H34FN3O2/c1-26(27,15-6-5-11-22-13-12-20-10-7-16-28-24(20)29-22)21-14-17-30(18-21)23(25(31)32)19-8-3-2-4-9-19/h2-4,8-9,12-13,21,23H,5-7,10-11,14-18H2,1H3,(H,28,29)(H,31,32)/t21?,23-,26?/m1/s1. The van der Waals surface area contributed by atoms with Gasteiger partial charge in [0.2, 0.25) is 0 Å². The van der Waals surface area contributed by atoms with Crippen molar-refractivity contribution < 1.29 is 14.3 Å². The van der Waals surface area contributed by atoms with Crippen LogP contribution in [0.1, 0.15) is 61.9 Å². The Hall–Kier alpha value is -2.47. The van der Waals surface area contributed by atoms with E-state index >= 15 is 4.39 Å². The number of aliphatic carboxylic acids is 1. The third-order valence-electron chi connectivity index (χ3n) is 7.09. The molecular formula is C26H34FN3O2. The van der Waals surface area contributed by atoms with E-state index in [1.54, 1.807) is 6.92 Å². The van der Waals surface area contributed by atoms with Gasteiger partial charge >= 0.3 is 5.97 Å². The molecule has 6 heteroatoms. The molecule has 1 aromatic heterocycles. The van der Waals surface area contributed by atoms with Gasteiger partial charge in [-0.1, -0.05) is 36.4 Å². The predicted molar refractivity (Wildman–Crippen MR) is 125 cm³/mol. The zero-order valence-corrected chi connectivity index (χ0v) is 18.9. The van der Waals surface area contributed by atoms with Gasteiger partial charge in [-0.05, 0) is 75.6 Å². The summed E-state index contributed by atoms with van der Waals surface area (Å²) in [6.45, 7) is 3.77. The van der Waals surface area contributed by atoms with Crippen molar-refractivity contribution >= 4 is 11.8 Å². The van der Waals surface area contributed by atoms with E-state index in [4.69, 9.17) is 4.98 Å². The minimum Gasteiger partial charge on any atom is -0.480 e. The van der Waals surface area contributed by atoms with Crippen molar-refractivity contribution in [2.75, 3.05) is 25.0 Å². The number of alkyl halides is 1. The van der Waals surface area contributed by atoms with Gasteiger partial charge in [0.1, 0.15) is 17.5 Å². The van der Waals surface area contributed by atoms with E-state index in [1.165, 1.54) is 5.56 Å². The molecule has 3 heterocycles. The van der Waals surface area contributed by atoms with Crippen LogP contribution in [0.4, 0.5) is 10.2 Å². The van der Waals surface area contributed by atoms with Gasteiger partial charge in [-0.25, -0.2) is 9.37 Å². The molecule has 0 bridgehead atoms. The van der Waals surface area contributed by atoms with Crippen molar-refractivity contribution in [1.29, 1.82) is 0 Å². The van der Waals surface area contributed by atoms with Crippen LogP contribution < -0.4 is 5.32 Å². The quantitative estimate of drug-likeness (QED) is 0.537. The Kier molecular flexibility index (Phi) is 7.09. The van der Waals surface area contributed by atoms with Crippen LogP contribution in [0.15, 0.2) is 42.5 Å². The maximum absolute atomic E-state index is 15.6. The molecule has 5 nitrogen and oxygen atoms in total. The first-order valence-electron chi connectivity index (χ1n) is 11.9. The number of aromatic nitrogens is 1. The Labute approximate surface area is 190 Å². The third kappa shape index (κ3) is 5.29. The molecule has 1 fully saturated rings. The summed E-state index contributed by atoms with van der Waals surface area (Å²) >= 11 is 0. The van der Waals surface area contributed by atoms with Crippen molar-refractivity contribution in [2.24, 2.45) is 5.92 Å². The largest absolute Gasteiger partial charge is 0.480 e. The van der Waals surface area contributed by atoms with E-state index in [0.717, 1.165) is 55.7 Å². The van der Waals surface area contributed by atoms with Crippen LogP contribution in [0.25, 0.3) is 0 Å². The van der Waals surface area contributed by atoms with Crippen LogP contribution in [0, 0.1) is 5.92 Å². The molecule has 4 rings (SSSR count). The first kappa shape index (κ1) is 22.7. The minimum atomic E-state index is -1.29. The van der Waals surface area contributed by atoms with Gasteiger partial charge in [-0.2, -0.15) is 0 Å². The fourth-order valence-electron chi connectivity index (χ4n) is 5.15. The fraction of sp³-hybridized carbons (Fsp3) is 0.538. The van der Waals surface area contributed by atoms with Crippen LogP contribution in [-0.4, -0.2) is 46.3 Å². The van der Waals surface area contributed by atoms with E-state index in [1.807, 2.05) is 35.2 Å². The van der Waals surface area contributed by atoms with Gasteiger partial charge < -0.3 is 10.4 Å². The topological polar surface area (TPSA) is 65.5 Å². The van der Waals surface area contributed by atoms with Gasteiger partial charge in [0, 0.05) is 24.7 Å². The van der Waals surface area contributed by atoms with E-state index in [9.17, 15) is 9.90 Å². The molecule has 32 heavy (non-hydrogen) atoms. The number of carbonyl (C=O) groups is 1. The lowest BCUT2D eigenvalue weighted by Gasteiger charge is -2.29. The Bertz CT molecular complexity index is 919. The number of likely N-dealkylation sites (tertiary alicyclic amines) is 1. The van der Waals surface area contributed by atoms with E-state index in [0.29, 0.717) is 25.9 Å². The zero-order chi connectivity index (χ0) is 22.6. The number of fused-ring (bicyclic) bond motifs is 1. The summed E-state index contributed by atoms with van der Waals surface area (Å²) < 4.78 is 15.6. The van der Waals surface area contributed by atoms with Crippen molar-refractivity contribution in [2.45, 2.75) is 63.6 Å². The number of rotatable bonds is 9. The van der Waals surface area contributed by atoms with Gasteiger partial charge in [-0.3, -0.25) is 9.69 Å². The number of nitrogens with one attached hydrogen (secondary N) is 1. The highest BCUT2D eigenvalue weighted by molar-refractivity contribution is 5.75. The average Bonchev–Trinajstić information content (AvgIpc) is 3.28. The lowest BCUT2D eigenvalue weighted by atomic mass is 9.85. The lowest BCUT2D eigenvalue weighted by molar-refractivity contribution is -0.143. The number of nitrogens with zero attached hydrogens (tertiary/aromatic N) is 2. The summed E-state index contributed by atoms with van der Waals surface area (Å²) in [5.41, 5.74) is 1.82. The normalized spacial score (nSPS) is 21.4. The molecule has 172 valence electrons. The molecule has 3 atom stereocenters. The maximum atomic E-state index is 15.6. The number of aryl methyl sites for hydroxylation is 2. The molecule has 2 unspecified atom stereocenters. The average molecular weight is 440 g/mol. The summed E-state index contributed by atoms with van der Waals surface area (Å²) in [5, 5.41) is 13.2. The van der Waals surface area contributed by atoms with Crippen molar-refractivity contribution in [3.63, 3.8) is 0 Å². The number of carboxylic acid groups (broad SMARTS) is 1. The Morgan fingerprint density at radius 3 is 2.88 bits per heavy atom. The Balaban J connectivity index is 1.28. The molecule has 2 N–H and O–H groups in total. The van der Waals surface area contributed by atoms with Crippen molar-refractivity contribution in [1.82, 2.24) is 9.88 Å². The second-order valence-electron chi connectivity index (χ2n) is 9.46. The van der Waals surface area contributed by atoms with E-state index < -0.39 is 17.7 Å². The number of benzene rings is 1. The number of pyridine rings is 1. The number of anilines is 1. The SMILES string of the molecule is CC(F)(CCCCc1ccc2c(n1)NCCC2)C1CCN([C@@H](C(=O)O)c2ccccc2)C1. The van der Waals surface area contributed by atoms with Gasteiger partial charge in [-0.15, -0.1) is 0 Å². The summed E-state index contributed by atoms with van der Waals surface area (Å²) in [4.78, 5) is 18.6. The Morgan fingerprint density at radius 2 is 2.09 bits per heavy atom. The van der Waals surface area contributed by atoms with E-state index in [2.05, 4.69) is 17.4 Å². The second-order valence-corrected chi connectivity index (χ2v) is 9.46. The molecule has 1 aromatic carbocycles. The molecule has 2 aliphatic rings. The Morgan fingerprint density at radius 1 is 1.28 bits per heavy atom.